The molecule has 1 amide bonds. The molecule has 2 aromatic carbocycles. The fourth-order valence-corrected chi connectivity index (χ4v) is 4.42. The third kappa shape index (κ3) is 6.44. The first-order valence-electron chi connectivity index (χ1n) is 10.7. The number of benzene rings is 2. The average molecular weight is 462 g/mol. The molecule has 0 aliphatic carbocycles. The molecule has 0 radical (unpaired) electrons. The van der Waals surface area contributed by atoms with E-state index in [0.717, 1.165) is 29.0 Å². The molecule has 2 aliphatic rings. The molecule has 2 saturated heterocycles. The van der Waals surface area contributed by atoms with Crippen LogP contribution in [0.15, 0.2) is 48.5 Å². The van der Waals surface area contributed by atoms with E-state index in [1.54, 1.807) is 0 Å². The second kappa shape index (κ2) is 10.8. The number of hydrogen-bond acceptors (Lipinski definition) is 6. The zero-order chi connectivity index (χ0) is 22.3. The van der Waals surface area contributed by atoms with Crippen LogP contribution in [0.4, 0.5) is 4.79 Å². The molecule has 172 valence electrons. The van der Waals surface area contributed by atoms with Crippen molar-refractivity contribution < 1.29 is 31.9 Å². The average Bonchev–Trinajstić information content (AvgIpc) is 2.81. The van der Waals surface area contributed by atoms with Crippen LogP contribution in [0.1, 0.15) is 24.0 Å². The second-order valence-corrected chi connectivity index (χ2v) is 8.89. The van der Waals surface area contributed by atoms with Gasteiger partial charge >= 0.3 is 17.5 Å². The van der Waals surface area contributed by atoms with Gasteiger partial charge in [0.1, 0.15) is 24.2 Å². The van der Waals surface area contributed by atoms with E-state index in [4.69, 9.17) is 22.9 Å². The van der Waals surface area contributed by atoms with Crippen molar-refractivity contribution in [2.75, 3.05) is 26.3 Å². The Hall–Kier alpha value is -2.62. The van der Waals surface area contributed by atoms with E-state index in [1.807, 2.05) is 48.5 Å². The van der Waals surface area contributed by atoms with Crippen molar-refractivity contribution in [2.45, 2.75) is 32.0 Å². The van der Waals surface area contributed by atoms with Crippen LogP contribution in [-0.4, -0.2) is 52.7 Å². The fraction of sp³-hybridized carbons (Fsp3) is 0.435. The molecule has 0 atom stereocenters. The van der Waals surface area contributed by atoms with Crippen LogP contribution in [0, 0.1) is 5.92 Å². The Kier molecular flexibility index (Phi) is 7.62. The summed E-state index contributed by atoms with van der Waals surface area (Å²) in [5, 5.41) is 9.02. The summed E-state index contributed by atoms with van der Waals surface area (Å²) in [5.74, 6) is 1.77. The first-order chi connectivity index (χ1) is 15.5. The molecule has 2 aliphatic heterocycles. The maximum absolute atomic E-state index is 11.1. The number of carboxylic acid groups (broad SMARTS) is 1. The lowest BCUT2D eigenvalue weighted by Crippen LogP contribution is -2.41. The Morgan fingerprint density at radius 1 is 0.969 bits per heavy atom. The number of rotatable bonds is 7. The van der Waals surface area contributed by atoms with Gasteiger partial charge in [0.15, 0.2) is 0 Å². The minimum Gasteiger partial charge on any atom is -0.490 e. The fourth-order valence-electron chi connectivity index (χ4n) is 3.75. The van der Waals surface area contributed by atoms with E-state index < -0.39 is 17.5 Å². The number of ether oxygens (including phenoxy) is 2. The predicted molar refractivity (Wildman–Crippen MR) is 118 cm³/mol. The van der Waals surface area contributed by atoms with Crippen LogP contribution < -0.4 is 9.47 Å². The second-order valence-electron chi connectivity index (χ2n) is 8.01. The molecule has 0 aromatic heterocycles. The topological polar surface area (TPSA) is 94.5 Å². The molecular weight excluding hydrogens is 434 g/mol. The van der Waals surface area contributed by atoms with E-state index in [2.05, 4.69) is 0 Å². The Bertz CT molecular complexity index is 901. The summed E-state index contributed by atoms with van der Waals surface area (Å²) in [4.78, 5) is 12.4. The van der Waals surface area contributed by atoms with Crippen LogP contribution in [-0.2, 0) is 32.8 Å². The molecule has 2 aromatic rings. The number of amides is 1. The lowest BCUT2D eigenvalue weighted by atomic mass is 10.0. The quantitative estimate of drug-likeness (QED) is 0.674. The molecular formula is C23H27NO7S. The molecule has 1 N–H and O–H groups in total. The van der Waals surface area contributed by atoms with Gasteiger partial charge in [-0.25, -0.2) is 4.79 Å². The number of carbonyl (C=O) groups is 1. The molecule has 0 saturated carbocycles. The van der Waals surface area contributed by atoms with Crippen molar-refractivity contribution in [2.24, 2.45) is 5.92 Å². The molecule has 8 nitrogen and oxygen atoms in total. The normalized spacial score (nSPS) is 21.8. The molecule has 9 heteroatoms. The summed E-state index contributed by atoms with van der Waals surface area (Å²) in [6.07, 6.45) is 1.38. The van der Waals surface area contributed by atoms with Crippen molar-refractivity contribution in [3.63, 3.8) is 0 Å². The third-order valence-electron chi connectivity index (χ3n) is 5.59. The summed E-state index contributed by atoms with van der Waals surface area (Å²) < 4.78 is 33.0. The van der Waals surface area contributed by atoms with Gasteiger partial charge in [-0.2, -0.15) is 4.21 Å². The first kappa shape index (κ1) is 22.6. The smallest absolute Gasteiger partial charge is 0.407 e. The zero-order valence-corrected chi connectivity index (χ0v) is 18.5. The van der Waals surface area contributed by atoms with Gasteiger partial charge in [-0.05, 0) is 41.8 Å². The van der Waals surface area contributed by atoms with Gasteiger partial charge in [0.2, 0.25) is 0 Å². The van der Waals surface area contributed by atoms with Crippen LogP contribution in [0.3, 0.4) is 0 Å². The SMILES string of the molecule is O=C(O)N1CCC(Oc2ccc(COc3ccc(CC4COS(=O)OC4)cc3)cc2)CC1. The third-order valence-corrected chi connectivity index (χ3v) is 6.25. The Labute approximate surface area is 189 Å². The Morgan fingerprint density at radius 3 is 2.19 bits per heavy atom. The van der Waals surface area contributed by atoms with Gasteiger partial charge in [-0.1, -0.05) is 24.3 Å². The van der Waals surface area contributed by atoms with E-state index in [1.165, 1.54) is 4.90 Å². The van der Waals surface area contributed by atoms with Crippen LogP contribution in [0.5, 0.6) is 11.5 Å². The van der Waals surface area contributed by atoms with Gasteiger partial charge < -0.3 is 19.5 Å². The highest BCUT2D eigenvalue weighted by Crippen LogP contribution is 2.22. The Morgan fingerprint density at radius 2 is 1.56 bits per heavy atom. The lowest BCUT2D eigenvalue weighted by molar-refractivity contribution is 0.0894. The highest BCUT2D eigenvalue weighted by atomic mass is 32.2. The zero-order valence-electron chi connectivity index (χ0n) is 17.7. The van der Waals surface area contributed by atoms with E-state index in [-0.39, 0.29) is 12.0 Å². The van der Waals surface area contributed by atoms with Crippen molar-refractivity contribution in [3.8, 4) is 11.5 Å². The van der Waals surface area contributed by atoms with Crippen molar-refractivity contribution >= 4 is 17.5 Å². The molecule has 2 fully saturated rings. The van der Waals surface area contributed by atoms with Gasteiger partial charge in [-0.15, -0.1) is 0 Å². The van der Waals surface area contributed by atoms with E-state index in [0.29, 0.717) is 45.8 Å². The summed E-state index contributed by atoms with van der Waals surface area (Å²) >= 11 is -1.60. The minimum absolute atomic E-state index is 0.0418. The molecule has 32 heavy (non-hydrogen) atoms. The highest BCUT2D eigenvalue weighted by molar-refractivity contribution is 7.75. The van der Waals surface area contributed by atoms with Crippen molar-refractivity contribution in [1.82, 2.24) is 4.90 Å². The molecule has 0 spiro atoms. The van der Waals surface area contributed by atoms with Gasteiger partial charge in [0, 0.05) is 31.8 Å². The summed E-state index contributed by atoms with van der Waals surface area (Å²) in [5.41, 5.74) is 2.18. The summed E-state index contributed by atoms with van der Waals surface area (Å²) in [7, 11) is 0. The van der Waals surface area contributed by atoms with Crippen molar-refractivity contribution in [1.29, 1.82) is 0 Å². The largest absolute Gasteiger partial charge is 0.490 e. The Balaban J connectivity index is 1.20. The number of likely N-dealkylation sites (tertiary alicyclic amines) is 1. The molecule has 0 bridgehead atoms. The van der Waals surface area contributed by atoms with Crippen LogP contribution >= 0.6 is 0 Å². The minimum atomic E-state index is -1.60. The lowest BCUT2D eigenvalue weighted by Gasteiger charge is -2.30. The van der Waals surface area contributed by atoms with Gasteiger partial charge in [-0.3, -0.25) is 8.37 Å². The van der Waals surface area contributed by atoms with Gasteiger partial charge in [0.05, 0.1) is 13.2 Å². The highest BCUT2D eigenvalue weighted by Gasteiger charge is 2.23. The number of hydrogen-bond donors (Lipinski definition) is 1. The maximum atomic E-state index is 11.1. The predicted octanol–water partition coefficient (Wildman–Crippen LogP) is 3.57. The van der Waals surface area contributed by atoms with E-state index in [9.17, 15) is 9.00 Å². The maximum Gasteiger partial charge on any atom is 0.407 e. The molecule has 4 rings (SSSR count). The standard InChI is InChI=1S/C23H27NO7S/c25-23(26)24-11-9-22(10-12-24)31-21-7-3-18(4-8-21)14-28-20-5-1-17(2-6-20)13-19-15-29-32(27)30-16-19/h1-8,19,22H,9-16H2,(H,25,26). The first-order valence-corrected chi connectivity index (χ1v) is 11.7. The van der Waals surface area contributed by atoms with E-state index >= 15 is 0 Å². The molecule has 0 unspecified atom stereocenters. The number of piperidine rings is 1. The summed E-state index contributed by atoms with van der Waals surface area (Å²) in [6.45, 7) is 2.34. The van der Waals surface area contributed by atoms with Crippen LogP contribution in [0.2, 0.25) is 0 Å². The number of nitrogens with zero attached hydrogens (tertiary/aromatic N) is 1. The van der Waals surface area contributed by atoms with Crippen molar-refractivity contribution in [3.05, 3.63) is 59.7 Å². The van der Waals surface area contributed by atoms with Crippen LogP contribution in [0.25, 0.3) is 0 Å². The summed E-state index contributed by atoms with van der Waals surface area (Å²) in [6, 6.07) is 15.7. The molecule has 2 heterocycles. The monoisotopic (exact) mass is 461 g/mol. The van der Waals surface area contributed by atoms with Gasteiger partial charge in [0.25, 0.3) is 0 Å².